The van der Waals surface area contributed by atoms with Gasteiger partial charge >= 0.3 is 5.69 Å². The topological polar surface area (TPSA) is 87.1 Å². The van der Waals surface area contributed by atoms with Crippen LogP contribution in [0.2, 0.25) is 0 Å². The van der Waals surface area contributed by atoms with Crippen LogP contribution in [0.3, 0.4) is 0 Å². The molecule has 2 aromatic rings. The summed E-state index contributed by atoms with van der Waals surface area (Å²) < 4.78 is 15.6. The largest absolute Gasteiger partial charge is 0.331 e. The molecular weight excluding hydrogens is 281 g/mol. The SMILES string of the molecule is CCn1ccc(=O)n(Cc2cc(F)cc([N+](=O)[O-])c2)c1=O. The lowest BCUT2D eigenvalue weighted by molar-refractivity contribution is -0.385. The zero-order valence-corrected chi connectivity index (χ0v) is 11.2. The van der Waals surface area contributed by atoms with E-state index in [2.05, 4.69) is 0 Å². The molecule has 0 saturated heterocycles. The predicted octanol–water partition coefficient (Wildman–Crippen LogP) is 1.13. The number of rotatable bonds is 4. The van der Waals surface area contributed by atoms with E-state index in [1.165, 1.54) is 16.8 Å². The Balaban J connectivity index is 2.50. The normalized spacial score (nSPS) is 10.6. The van der Waals surface area contributed by atoms with Gasteiger partial charge in [0.05, 0.1) is 17.5 Å². The average Bonchev–Trinajstić information content (AvgIpc) is 2.43. The number of nitrogens with zero attached hydrogens (tertiary/aromatic N) is 3. The molecule has 0 aliphatic carbocycles. The zero-order valence-electron chi connectivity index (χ0n) is 11.2. The van der Waals surface area contributed by atoms with Crippen molar-refractivity contribution in [2.24, 2.45) is 0 Å². The third kappa shape index (κ3) is 3.04. The molecule has 1 heterocycles. The molecule has 0 bridgehead atoms. The first-order valence-corrected chi connectivity index (χ1v) is 6.16. The van der Waals surface area contributed by atoms with Crippen LogP contribution in [0.5, 0.6) is 0 Å². The second kappa shape index (κ2) is 5.70. The number of hydrogen-bond donors (Lipinski definition) is 0. The van der Waals surface area contributed by atoms with Gasteiger partial charge in [-0.2, -0.15) is 0 Å². The third-order valence-electron chi connectivity index (χ3n) is 2.97. The molecule has 0 amide bonds. The molecule has 1 aromatic carbocycles. The molecule has 110 valence electrons. The summed E-state index contributed by atoms with van der Waals surface area (Å²) >= 11 is 0. The predicted molar refractivity (Wildman–Crippen MR) is 72.8 cm³/mol. The minimum atomic E-state index is -0.793. The highest BCUT2D eigenvalue weighted by Crippen LogP contribution is 2.16. The third-order valence-corrected chi connectivity index (χ3v) is 2.97. The molecule has 0 radical (unpaired) electrons. The van der Waals surface area contributed by atoms with Gasteiger partial charge in [0.15, 0.2) is 0 Å². The van der Waals surface area contributed by atoms with Crippen LogP contribution in [-0.4, -0.2) is 14.1 Å². The van der Waals surface area contributed by atoms with Crippen LogP contribution >= 0.6 is 0 Å². The van der Waals surface area contributed by atoms with Gasteiger partial charge in [-0.3, -0.25) is 19.5 Å². The zero-order chi connectivity index (χ0) is 15.6. The Bertz CT molecular complexity index is 810. The summed E-state index contributed by atoms with van der Waals surface area (Å²) in [6.07, 6.45) is 1.37. The summed E-state index contributed by atoms with van der Waals surface area (Å²) in [6, 6.07) is 4.20. The number of hydrogen-bond acceptors (Lipinski definition) is 4. The van der Waals surface area contributed by atoms with Crippen LogP contribution in [0.1, 0.15) is 12.5 Å². The van der Waals surface area contributed by atoms with Gasteiger partial charge in [-0.05, 0) is 18.6 Å². The van der Waals surface area contributed by atoms with E-state index in [4.69, 9.17) is 0 Å². The Morgan fingerprint density at radius 1 is 1.29 bits per heavy atom. The van der Waals surface area contributed by atoms with Crippen molar-refractivity contribution < 1.29 is 9.31 Å². The van der Waals surface area contributed by atoms with Crippen molar-refractivity contribution in [3.63, 3.8) is 0 Å². The second-order valence-electron chi connectivity index (χ2n) is 4.38. The van der Waals surface area contributed by atoms with E-state index in [0.29, 0.717) is 6.54 Å². The number of non-ortho nitro benzene ring substituents is 1. The summed E-state index contributed by atoms with van der Waals surface area (Å²) in [7, 11) is 0. The molecule has 0 atom stereocenters. The van der Waals surface area contributed by atoms with E-state index in [1.807, 2.05) is 0 Å². The maximum Gasteiger partial charge on any atom is 0.331 e. The molecule has 0 aliphatic heterocycles. The Hall–Kier alpha value is -2.77. The fraction of sp³-hybridized carbons (Fsp3) is 0.231. The van der Waals surface area contributed by atoms with Gasteiger partial charge in [0, 0.05) is 24.9 Å². The number of nitro benzene ring substituents is 1. The highest BCUT2D eigenvalue weighted by atomic mass is 19.1. The number of nitro groups is 1. The van der Waals surface area contributed by atoms with Crippen molar-refractivity contribution in [2.75, 3.05) is 0 Å². The van der Waals surface area contributed by atoms with Crippen molar-refractivity contribution in [3.05, 3.63) is 72.8 Å². The Labute approximate surface area is 118 Å². The quantitative estimate of drug-likeness (QED) is 0.624. The number of benzene rings is 1. The van der Waals surface area contributed by atoms with E-state index >= 15 is 0 Å². The summed E-state index contributed by atoms with van der Waals surface area (Å²) in [4.78, 5) is 33.7. The monoisotopic (exact) mass is 293 g/mol. The number of aromatic nitrogens is 2. The molecular formula is C13H12FN3O4. The van der Waals surface area contributed by atoms with E-state index in [1.54, 1.807) is 6.92 Å². The molecule has 0 aliphatic rings. The van der Waals surface area contributed by atoms with E-state index in [9.17, 15) is 24.1 Å². The standard InChI is InChI=1S/C13H12FN3O4/c1-2-15-4-3-12(18)16(13(15)19)8-9-5-10(14)7-11(6-9)17(20)21/h3-7H,2,8H2,1H3. The van der Waals surface area contributed by atoms with Crippen molar-refractivity contribution in [2.45, 2.75) is 20.0 Å². The highest BCUT2D eigenvalue weighted by molar-refractivity contribution is 5.35. The fourth-order valence-corrected chi connectivity index (χ4v) is 1.96. The van der Waals surface area contributed by atoms with Gasteiger partial charge in [0.1, 0.15) is 5.82 Å². The summed E-state index contributed by atoms with van der Waals surface area (Å²) in [5.74, 6) is -0.793. The lowest BCUT2D eigenvalue weighted by Gasteiger charge is -2.08. The van der Waals surface area contributed by atoms with Gasteiger partial charge < -0.3 is 4.57 Å². The van der Waals surface area contributed by atoms with Crippen molar-refractivity contribution in [1.82, 2.24) is 9.13 Å². The molecule has 0 N–H and O–H groups in total. The summed E-state index contributed by atoms with van der Waals surface area (Å²) in [5.41, 5.74) is -1.34. The van der Waals surface area contributed by atoms with Crippen LogP contribution in [0, 0.1) is 15.9 Å². The van der Waals surface area contributed by atoms with Crippen LogP contribution in [0.4, 0.5) is 10.1 Å². The summed E-state index contributed by atoms with van der Waals surface area (Å²) in [5, 5.41) is 10.7. The lowest BCUT2D eigenvalue weighted by Crippen LogP contribution is -2.39. The van der Waals surface area contributed by atoms with E-state index < -0.39 is 27.7 Å². The van der Waals surface area contributed by atoms with Gasteiger partial charge in [-0.1, -0.05) is 0 Å². The summed E-state index contributed by atoms with van der Waals surface area (Å²) in [6.45, 7) is 1.89. The molecule has 7 nitrogen and oxygen atoms in total. The minimum Gasteiger partial charge on any atom is -0.301 e. The lowest BCUT2D eigenvalue weighted by atomic mass is 10.2. The van der Waals surface area contributed by atoms with Gasteiger partial charge in [0.25, 0.3) is 11.2 Å². The van der Waals surface area contributed by atoms with Crippen molar-refractivity contribution in [1.29, 1.82) is 0 Å². The Morgan fingerprint density at radius 3 is 2.62 bits per heavy atom. The maximum atomic E-state index is 13.4. The average molecular weight is 293 g/mol. The number of aryl methyl sites for hydroxylation is 1. The van der Waals surface area contributed by atoms with Gasteiger partial charge in [-0.25, -0.2) is 9.18 Å². The molecule has 0 saturated carbocycles. The Morgan fingerprint density at radius 2 is 2.00 bits per heavy atom. The molecule has 0 fully saturated rings. The maximum absolute atomic E-state index is 13.4. The van der Waals surface area contributed by atoms with E-state index in [0.717, 1.165) is 22.8 Å². The molecule has 2 rings (SSSR count). The molecule has 1 aromatic heterocycles. The van der Waals surface area contributed by atoms with Crippen LogP contribution in [0.25, 0.3) is 0 Å². The van der Waals surface area contributed by atoms with Crippen LogP contribution in [0.15, 0.2) is 40.1 Å². The van der Waals surface area contributed by atoms with Gasteiger partial charge in [-0.15, -0.1) is 0 Å². The second-order valence-corrected chi connectivity index (χ2v) is 4.38. The molecule has 0 spiro atoms. The van der Waals surface area contributed by atoms with Gasteiger partial charge in [0.2, 0.25) is 0 Å². The molecule has 0 unspecified atom stereocenters. The Kier molecular flexibility index (Phi) is 3.97. The van der Waals surface area contributed by atoms with Crippen molar-refractivity contribution in [3.8, 4) is 0 Å². The first-order chi connectivity index (χ1) is 9.92. The molecule has 21 heavy (non-hydrogen) atoms. The van der Waals surface area contributed by atoms with Crippen molar-refractivity contribution >= 4 is 5.69 Å². The van der Waals surface area contributed by atoms with Crippen LogP contribution < -0.4 is 11.2 Å². The smallest absolute Gasteiger partial charge is 0.301 e. The number of halogens is 1. The fourth-order valence-electron chi connectivity index (χ4n) is 1.96. The van der Waals surface area contributed by atoms with Crippen LogP contribution in [-0.2, 0) is 13.1 Å². The minimum absolute atomic E-state index is 0.176. The first kappa shape index (κ1) is 14.6. The highest BCUT2D eigenvalue weighted by Gasteiger charge is 2.12. The van der Waals surface area contributed by atoms with E-state index in [-0.39, 0.29) is 12.1 Å². The first-order valence-electron chi connectivity index (χ1n) is 6.16. The molecule has 8 heteroatoms.